The van der Waals surface area contributed by atoms with Crippen molar-refractivity contribution in [2.24, 2.45) is 16.7 Å². The van der Waals surface area contributed by atoms with Crippen LogP contribution >= 0.6 is 0 Å². The molecule has 0 aromatic carbocycles. The maximum atomic E-state index is 14.0. The Labute approximate surface area is 174 Å². The molecule has 3 N–H and O–H groups in total. The quantitative estimate of drug-likeness (QED) is 0.528. The van der Waals surface area contributed by atoms with Crippen molar-refractivity contribution in [3.63, 3.8) is 0 Å². The second kappa shape index (κ2) is 8.60. The van der Waals surface area contributed by atoms with Gasteiger partial charge >= 0.3 is 0 Å². The molecule has 0 bridgehead atoms. The number of halogens is 2. The fraction of sp³-hybridized carbons (Fsp3) is 0.750. The van der Waals surface area contributed by atoms with Gasteiger partial charge in [-0.2, -0.15) is 0 Å². The van der Waals surface area contributed by atoms with Crippen LogP contribution in [0.5, 0.6) is 0 Å². The molecule has 0 aromatic rings. The monoisotopic (exact) mass is 412 g/mol. The maximum Gasteiger partial charge on any atom is 0.279 e. The Bertz CT molecular complexity index is 646. The number of rotatable bonds is 6. The summed E-state index contributed by atoms with van der Waals surface area (Å²) >= 11 is 0. The molecule has 2 rings (SSSR count). The van der Waals surface area contributed by atoms with Gasteiger partial charge in [-0.25, -0.2) is 8.78 Å². The van der Waals surface area contributed by atoms with Gasteiger partial charge in [0.1, 0.15) is 5.60 Å². The Morgan fingerprint density at radius 1 is 1.10 bits per heavy atom. The molecule has 2 aliphatic carbocycles. The molecule has 0 amide bonds. The average molecular weight is 413 g/mol. The zero-order valence-corrected chi connectivity index (χ0v) is 18.5. The van der Waals surface area contributed by atoms with Gasteiger partial charge < -0.3 is 15.3 Å². The van der Waals surface area contributed by atoms with E-state index in [4.69, 9.17) is 0 Å². The number of alkyl halides is 2. The second-order valence-electron chi connectivity index (χ2n) is 10.3. The number of hydrogen-bond donors (Lipinski definition) is 3. The van der Waals surface area contributed by atoms with Gasteiger partial charge in [-0.3, -0.25) is 0 Å². The Morgan fingerprint density at radius 3 is 2.24 bits per heavy atom. The van der Waals surface area contributed by atoms with Crippen LogP contribution in [0.25, 0.3) is 0 Å². The predicted octanol–water partition coefficient (Wildman–Crippen LogP) is 5.17. The molecule has 2 aliphatic rings. The van der Waals surface area contributed by atoms with Crippen molar-refractivity contribution in [3.8, 4) is 0 Å². The summed E-state index contributed by atoms with van der Waals surface area (Å²) in [5, 5.41) is 29.3. The van der Waals surface area contributed by atoms with Crippen LogP contribution in [-0.2, 0) is 0 Å². The first-order valence-corrected chi connectivity index (χ1v) is 10.7. The summed E-state index contributed by atoms with van der Waals surface area (Å²) in [6.07, 6.45) is 11.7. The van der Waals surface area contributed by atoms with Gasteiger partial charge in [-0.15, -0.1) is 0 Å². The Balaban J connectivity index is 2.05. The SMILES string of the molecule is CC(C)(O)C(F)(F)C/C=C/[C@@]1(C)CC[C@@H](/C=C/C=C2C[C@@H](O)C[C@H](O)C2)C1(C)C. The Hall–Kier alpha value is -1.04. The van der Waals surface area contributed by atoms with Crippen molar-refractivity contribution >= 4 is 0 Å². The van der Waals surface area contributed by atoms with E-state index in [1.165, 1.54) is 6.08 Å². The summed E-state index contributed by atoms with van der Waals surface area (Å²) in [6.45, 7) is 8.75. The van der Waals surface area contributed by atoms with Gasteiger partial charge in [0, 0.05) is 6.42 Å². The first kappa shape index (κ1) is 24.2. The molecule has 0 unspecified atom stereocenters. The van der Waals surface area contributed by atoms with Crippen molar-refractivity contribution in [1.29, 1.82) is 0 Å². The van der Waals surface area contributed by atoms with Crippen LogP contribution in [0, 0.1) is 16.7 Å². The summed E-state index contributed by atoms with van der Waals surface area (Å²) < 4.78 is 28.1. The van der Waals surface area contributed by atoms with Crippen molar-refractivity contribution < 1.29 is 24.1 Å². The minimum absolute atomic E-state index is 0.103. The van der Waals surface area contributed by atoms with Gasteiger partial charge in [0.25, 0.3) is 5.92 Å². The molecule has 2 saturated carbocycles. The molecule has 5 heteroatoms. The number of allylic oxidation sites excluding steroid dienone is 5. The van der Waals surface area contributed by atoms with Crippen LogP contribution in [0.4, 0.5) is 8.78 Å². The first-order chi connectivity index (χ1) is 13.2. The van der Waals surface area contributed by atoms with E-state index in [1.54, 1.807) is 0 Å². The molecule has 0 radical (unpaired) electrons. The number of hydrogen-bond acceptors (Lipinski definition) is 3. The molecule has 0 aromatic heterocycles. The second-order valence-corrected chi connectivity index (χ2v) is 10.3. The van der Waals surface area contributed by atoms with E-state index in [2.05, 4.69) is 26.8 Å². The highest BCUT2D eigenvalue weighted by Crippen LogP contribution is 2.57. The molecule has 0 aliphatic heterocycles. The van der Waals surface area contributed by atoms with Crippen molar-refractivity contribution in [1.82, 2.24) is 0 Å². The van der Waals surface area contributed by atoms with E-state index in [0.717, 1.165) is 32.3 Å². The van der Waals surface area contributed by atoms with Crippen LogP contribution in [-0.4, -0.2) is 39.1 Å². The maximum absolute atomic E-state index is 14.0. The average Bonchev–Trinajstić information content (AvgIpc) is 2.76. The van der Waals surface area contributed by atoms with E-state index in [-0.39, 0.29) is 10.8 Å². The first-order valence-electron chi connectivity index (χ1n) is 10.7. The summed E-state index contributed by atoms with van der Waals surface area (Å²) in [4.78, 5) is 0. The van der Waals surface area contributed by atoms with Crippen LogP contribution in [0.2, 0.25) is 0 Å². The molecule has 166 valence electrons. The zero-order valence-electron chi connectivity index (χ0n) is 18.5. The lowest BCUT2D eigenvalue weighted by atomic mass is 9.65. The lowest BCUT2D eigenvalue weighted by molar-refractivity contribution is -0.158. The van der Waals surface area contributed by atoms with Crippen molar-refractivity contribution in [3.05, 3.63) is 36.0 Å². The normalized spacial score (nSPS) is 33.7. The van der Waals surface area contributed by atoms with Gasteiger partial charge in [-0.05, 0) is 62.7 Å². The molecular formula is C24H38F2O3. The van der Waals surface area contributed by atoms with E-state index in [0.29, 0.717) is 25.2 Å². The van der Waals surface area contributed by atoms with Gasteiger partial charge in [0.2, 0.25) is 0 Å². The molecule has 0 spiro atoms. The molecule has 0 saturated heterocycles. The number of aliphatic hydroxyl groups is 3. The van der Waals surface area contributed by atoms with Crippen LogP contribution in [0.3, 0.4) is 0 Å². The largest absolute Gasteiger partial charge is 0.393 e. The smallest absolute Gasteiger partial charge is 0.279 e. The summed E-state index contributed by atoms with van der Waals surface area (Å²) in [5.41, 5.74) is -1.29. The summed E-state index contributed by atoms with van der Waals surface area (Å²) in [7, 11) is 0. The summed E-state index contributed by atoms with van der Waals surface area (Å²) in [5.74, 6) is -2.86. The highest BCUT2D eigenvalue weighted by molar-refractivity contribution is 5.20. The predicted molar refractivity (Wildman–Crippen MR) is 113 cm³/mol. The molecular weight excluding hydrogens is 374 g/mol. The third-order valence-electron chi connectivity index (χ3n) is 7.34. The standard InChI is InChI=1S/C24H38F2O3/c1-21(2)18(9-6-8-17-14-19(27)16-20(28)15-17)10-13-23(21,5)11-7-12-24(25,26)22(3,4)29/h6-9,11,18-20,27-29H,10,12-16H2,1-5H3/b9-6+,11-7+/t18-,19-,20-,23+/m1/s1. The number of aliphatic hydroxyl groups excluding tert-OH is 2. The topological polar surface area (TPSA) is 60.7 Å². The van der Waals surface area contributed by atoms with E-state index >= 15 is 0 Å². The molecule has 3 nitrogen and oxygen atoms in total. The van der Waals surface area contributed by atoms with E-state index in [9.17, 15) is 24.1 Å². The van der Waals surface area contributed by atoms with Crippen LogP contribution in [0.15, 0.2) is 36.0 Å². The van der Waals surface area contributed by atoms with Crippen LogP contribution < -0.4 is 0 Å². The Morgan fingerprint density at radius 2 is 1.69 bits per heavy atom. The van der Waals surface area contributed by atoms with Crippen molar-refractivity contribution in [2.75, 3.05) is 0 Å². The molecule has 0 heterocycles. The van der Waals surface area contributed by atoms with Crippen LogP contribution in [0.1, 0.15) is 73.1 Å². The van der Waals surface area contributed by atoms with Gasteiger partial charge in [0.05, 0.1) is 12.2 Å². The van der Waals surface area contributed by atoms with Crippen molar-refractivity contribution in [2.45, 2.75) is 96.9 Å². The fourth-order valence-corrected chi connectivity index (χ4v) is 4.54. The molecule has 2 fully saturated rings. The minimum atomic E-state index is -3.16. The van der Waals surface area contributed by atoms with Gasteiger partial charge in [-0.1, -0.05) is 56.7 Å². The lowest BCUT2D eigenvalue weighted by Gasteiger charge is -2.39. The molecule has 29 heavy (non-hydrogen) atoms. The van der Waals surface area contributed by atoms with Gasteiger partial charge in [0.15, 0.2) is 0 Å². The van der Waals surface area contributed by atoms with E-state index < -0.39 is 30.2 Å². The zero-order chi connectivity index (χ0) is 22.1. The Kier molecular flexibility index (Phi) is 7.19. The van der Waals surface area contributed by atoms with E-state index in [1.807, 2.05) is 18.2 Å². The minimum Gasteiger partial charge on any atom is -0.393 e. The lowest BCUT2D eigenvalue weighted by Crippen LogP contribution is -2.42. The highest BCUT2D eigenvalue weighted by atomic mass is 19.3. The summed E-state index contributed by atoms with van der Waals surface area (Å²) in [6, 6.07) is 0. The third kappa shape index (κ3) is 5.56. The highest BCUT2D eigenvalue weighted by Gasteiger charge is 2.49. The third-order valence-corrected chi connectivity index (χ3v) is 7.34. The fourth-order valence-electron chi connectivity index (χ4n) is 4.54. The molecule has 4 atom stereocenters.